The normalized spacial score (nSPS) is 11.2. The molecule has 0 radical (unpaired) electrons. The zero-order chi connectivity index (χ0) is 14.1. The van der Waals surface area contributed by atoms with Crippen molar-refractivity contribution in [1.82, 2.24) is 24.3 Å². The molecular formula is C13H14ClN5O. The van der Waals surface area contributed by atoms with Gasteiger partial charge in [-0.3, -0.25) is 4.68 Å². The second-order valence-electron chi connectivity index (χ2n) is 4.41. The fourth-order valence-corrected chi connectivity index (χ4v) is 2.41. The predicted octanol–water partition coefficient (Wildman–Crippen LogP) is 1.96. The van der Waals surface area contributed by atoms with Gasteiger partial charge in [-0.15, -0.1) is 11.6 Å². The Morgan fingerprint density at radius 1 is 1.35 bits per heavy atom. The van der Waals surface area contributed by atoms with Crippen LogP contribution in [-0.4, -0.2) is 31.4 Å². The number of alkyl halides is 1. The van der Waals surface area contributed by atoms with E-state index in [-0.39, 0.29) is 0 Å². The van der Waals surface area contributed by atoms with Gasteiger partial charge in [-0.25, -0.2) is 9.97 Å². The molecule has 0 unspecified atom stereocenters. The molecule has 0 amide bonds. The van der Waals surface area contributed by atoms with Crippen LogP contribution >= 0.6 is 11.6 Å². The molecule has 104 valence electrons. The summed E-state index contributed by atoms with van der Waals surface area (Å²) in [5.41, 5.74) is 1.77. The lowest BCUT2D eigenvalue weighted by Gasteiger charge is -2.05. The van der Waals surface area contributed by atoms with Crippen molar-refractivity contribution in [3.05, 3.63) is 36.2 Å². The minimum Gasteiger partial charge on any atom is -0.494 e. The van der Waals surface area contributed by atoms with Gasteiger partial charge in [0.15, 0.2) is 5.82 Å². The Labute approximate surface area is 121 Å². The molecule has 6 nitrogen and oxygen atoms in total. The number of rotatable bonds is 4. The lowest BCUT2D eigenvalue weighted by atomic mass is 10.3. The molecule has 0 fully saturated rings. The van der Waals surface area contributed by atoms with Crippen molar-refractivity contribution < 1.29 is 4.74 Å². The zero-order valence-corrected chi connectivity index (χ0v) is 12.0. The van der Waals surface area contributed by atoms with E-state index in [1.807, 2.05) is 29.8 Å². The van der Waals surface area contributed by atoms with Gasteiger partial charge in [0.05, 0.1) is 25.1 Å². The number of nitrogens with zero attached hydrogens (tertiary/aromatic N) is 5. The molecule has 0 saturated carbocycles. The summed E-state index contributed by atoms with van der Waals surface area (Å²) in [6.07, 6.45) is 1.68. The number of fused-ring (bicyclic) bond motifs is 1. The number of ether oxygens (including phenoxy) is 1. The van der Waals surface area contributed by atoms with Crippen molar-refractivity contribution in [2.24, 2.45) is 7.05 Å². The number of aromatic nitrogens is 5. The van der Waals surface area contributed by atoms with E-state index in [0.29, 0.717) is 12.4 Å². The maximum atomic E-state index is 6.00. The molecule has 0 N–H and O–H groups in total. The molecule has 0 spiro atoms. The summed E-state index contributed by atoms with van der Waals surface area (Å²) in [4.78, 5) is 8.79. The molecule has 3 rings (SSSR count). The number of benzene rings is 1. The van der Waals surface area contributed by atoms with E-state index < -0.39 is 0 Å². The van der Waals surface area contributed by atoms with Gasteiger partial charge in [0, 0.05) is 7.05 Å². The molecule has 3 aromatic rings. The highest BCUT2D eigenvalue weighted by Gasteiger charge is 2.14. The number of halogens is 1. The first-order valence-corrected chi connectivity index (χ1v) is 6.69. The van der Waals surface area contributed by atoms with Gasteiger partial charge in [-0.1, -0.05) is 6.07 Å². The Morgan fingerprint density at radius 2 is 2.20 bits per heavy atom. The Balaban J connectivity index is 2.13. The lowest BCUT2D eigenvalue weighted by molar-refractivity contribution is 0.419. The SMILES string of the molecule is COc1cccc2c1nc(CCl)n2Cc1ncn(C)n1. The summed E-state index contributed by atoms with van der Waals surface area (Å²) in [5, 5.41) is 4.29. The summed E-state index contributed by atoms with van der Waals surface area (Å²) in [5.74, 6) is 2.56. The number of para-hydroxylation sites is 1. The Morgan fingerprint density at radius 3 is 2.85 bits per heavy atom. The number of aryl methyl sites for hydroxylation is 1. The molecule has 0 atom stereocenters. The first-order valence-electron chi connectivity index (χ1n) is 6.15. The molecule has 0 aliphatic heterocycles. The van der Waals surface area contributed by atoms with E-state index in [1.165, 1.54) is 0 Å². The highest BCUT2D eigenvalue weighted by molar-refractivity contribution is 6.16. The molecule has 20 heavy (non-hydrogen) atoms. The fraction of sp³-hybridized carbons (Fsp3) is 0.308. The average Bonchev–Trinajstić information content (AvgIpc) is 3.03. The quantitative estimate of drug-likeness (QED) is 0.690. The summed E-state index contributed by atoms with van der Waals surface area (Å²) in [6.45, 7) is 0.534. The zero-order valence-electron chi connectivity index (χ0n) is 11.2. The maximum absolute atomic E-state index is 6.00. The molecule has 1 aromatic carbocycles. The Hall–Kier alpha value is -2.08. The second kappa shape index (κ2) is 5.13. The molecule has 2 heterocycles. The van der Waals surface area contributed by atoms with E-state index in [1.54, 1.807) is 18.1 Å². The van der Waals surface area contributed by atoms with Crippen LogP contribution in [0, 0.1) is 0 Å². The van der Waals surface area contributed by atoms with Crippen LogP contribution in [0.2, 0.25) is 0 Å². The highest BCUT2D eigenvalue weighted by atomic mass is 35.5. The number of hydrogen-bond donors (Lipinski definition) is 0. The Kier molecular flexibility index (Phi) is 3.31. The van der Waals surface area contributed by atoms with Gasteiger partial charge < -0.3 is 9.30 Å². The van der Waals surface area contributed by atoms with Crippen LogP contribution in [0.25, 0.3) is 11.0 Å². The van der Waals surface area contributed by atoms with Crippen molar-refractivity contribution in [2.75, 3.05) is 7.11 Å². The van der Waals surface area contributed by atoms with Crippen LogP contribution in [0.4, 0.5) is 0 Å². The summed E-state index contributed by atoms with van der Waals surface area (Å²) in [6, 6.07) is 5.81. The molecule has 0 aliphatic carbocycles. The molecule has 0 aliphatic rings. The molecule has 0 bridgehead atoms. The average molecular weight is 292 g/mol. The van der Waals surface area contributed by atoms with Crippen LogP contribution in [0.5, 0.6) is 5.75 Å². The monoisotopic (exact) mass is 291 g/mol. The van der Waals surface area contributed by atoms with Crippen molar-refractivity contribution in [1.29, 1.82) is 0 Å². The number of hydrogen-bond acceptors (Lipinski definition) is 4. The van der Waals surface area contributed by atoms with Crippen molar-refractivity contribution in [2.45, 2.75) is 12.4 Å². The van der Waals surface area contributed by atoms with Gasteiger partial charge in [0.25, 0.3) is 0 Å². The molecule has 7 heteroatoms. The van der Waals surface area contributed by atoms with Crippen LogP contribution in [0.1, 0.15) is 11.6 Å². The van der Waals surface area contributed by atoms with Gasteiger partial charge in [-0.2, -0.15) is 5.10 Å². The maximum Gasteiger partial charge on any atom is 0.170 e. The van der Waals surface area contributed by atoms with E-state index in [0.717, 1.165) is 28.4 Å². The van der Waals surface area contributed by atoms with Crippen LogP contribution in [0.15, 0.2) is 24.5 Å². The summed E-state index contributed by atoms with van der Waals surface area (Å²) < 4.78 is 9.03. The fourth-order valence-electron chi connectivity index (χ4n) is 2.21. The molecule has 2 aromatic heterocycles. The van der Waals surface area contributed by atoms with E-state index in [4.69, 9.17) is 16.3 Å². The van der Waals surface area contributed by atoms with Gasteiger partial charge in [0.1, 0.15) is 23.4 Å². The predicted molar refractivity (Wildman–Crippen MR) is 75.9 cm³/mol. The first kappa shape index (κ1) is 12.9. The van der Waals surface area contributed by atoms with E-state index >= 15 is 0 Å². The standard InChI is InChI=1S/C13H14ClN5O/c1-18-8-15-11(17-18)7-19-9-4-3-5-10(20-2)13(9)16-12(19)6-14/h3-5,8H,6-7H2,1-2H3. The largest absolute Gasteiger partial charge is 0.494 e. The van der Waals surface area contributed by atoms with Crippen molar-refractivity contribution >= 4 is 22.6 Å². The molecule has 0 saturated heterocycles. The number of imidazole rings is 1. The Bertz CT molecular complexity index is 748. The third-order valence-corrected chi connectivity index (χ3v) is 3.35. The smallest absolute Gasteiger partial charge is 0.170 e. The van der Waals surface area contributed by atoms with Gasteiger partial charge in [-0.05, 0) is 12.1 Å². The summed E-state index contributed by atoms with van der Waals surface area (Å²) in [7, 11) is 3.47. The second-order valence-corrected chi connectivity index (χ2v) is 4.68. The van der Waals surface area contributed by atoms with Gasteiger partial charge in [0.2, 0.25) is 0 Å². The topological polar surface area (TPSA) is 57.8 Å². The third kappa shape index (κ3) is 2.12. The first-order chi connectivity index (χ1) is 9.72. The lowest BCUT2D eigenvalue weighted by Crippen LogP contribution is -2.05. The van der Waals surface area contributed by atoms with E-state index in [2.05, 4.69) is 15.1 Å². The van der Waals surface area contributed by atoms with Crippen LogP contribution in [-0.2, 0) is 19.5 Å². The minimum absolute atomic E-state index is 0.324. The minimum atomic E-state index is 0.324. The van der Waals surface area contributed by atoms with Crippen LogP contribution < -0.4 is 4.74 Å². The van der Waals surface area contributed by atoms with E-state index in [9.17, 15) is 0 Å². The highest BCUT2D eigenvalue weighted by Crippen LogP contribution is 2.26. The summed E-state index contributed by atoms with van der Waals surface area (Å²) >= 11 is 6.00. The van der Waals surface area contributed by atoms with Gasteiger partial charge >= 0.3 is 0 Å². The number of methoxy groups -OCH3 is 1. The van der Waals surface area contributed by atoms with Crippen molar-refractivity contribution in [3.8, 4) is 5.75 Å². The van der Waals surface area contributed by atoms with Crippen molar-refractivity contribution in [3.63, 3.8) is 0 Å². The molecular weight excluding hydrogens is 278 g/mol. The third-order valence-electron chi connectivity index (χ3n) is 3.11. The van der Waals surface area contributed by atoms with Crippen LogP contribution in [0.3, 0.4) is 0 Å².